The number of hydrogen-bond acceptors (Lipinski definition) is 4. The molecule has 2 rings (SSSR count). The maximum Gasteiger partial charge on any atom is 0.346 e. The molecule has 1 aromatic heterocycles. The van der Waals surface area contributed by atoms with E-state index >= 15 is 0 Å². The smallest absolute Gasteiger partial charge is 0.346 e. The van der Waals surface area contributed by atoms with Gasteiger partial charge in [0.2, 0.25) is 0 Å². The van der Waals surface area contributed by atoms with Crippen molar-refractivity contribution in [2.75, 3.05) is 7.11 Å². The number of ether oxygens (including phenoxy) is 1. The van der Waals surface area contributed by atoms with Crippen LogP contribution in [0.25, 0.3) is 0 Å². The lowest BCUT2D eigenvalue weighted by molar-refractivity contribution is 0.0696. The summed E-state index contributed by atoms with van der Waals surface area (Å²) in [5.74, 6) is -0.814. The second-order valence-electron chi connectivity index (χ2n) is 6.43. The zero-order valence-electron chi connectivity index (χ0n) is 14.2. The van der Waals surface area contributed by atoms with Gasteiger partial charge in [-0.15, -0.1) is 11.3 Å². The molecule has 128 valence electrons. The van der Waals surface area contributed by atoms with Crippen LogP contribution in [0.3, 0.4) is 0 Å². The van der Waals surface area contributed by atoms with Gasteiger partial charge in [0, 0.05) is 12.1 Å². The van der Waals surface area contributed by atoms with Gasteiger partial charge in [-0.3, -0.25) is 4.79 Å². The Labute approximate surface area is 145 Å². The van der Waals surface area contributed by atoms with Crippen molar-refractivity contribution < 1.29 is 19.4 Å². The molecule has 1 heterocycles. The highest BCUT2D eigenvalue weighted by Gasteiger charge is 2.19. The van der Waals surface area contributed by atoms with E-state index < -0.39 is 11.9 Å². The highest BCUT2D eigenvalue weighted by atomic mass is 32.1. The molecule has 0 aliphatic heterocycles. The fourth-order valence-electron chi connectivity index (χ4n) is 2.31. The molecule has 5 nitrogen and oxygen atoms in total. The quantitative estimate of drug-likeness (QED) is 0.865. The molecule has 6 heteroatoms. The number of rotatable bonds is 5. The summed E-state index contributed by atoms with van der Waals surface area (Å²) in [5.41, 5.74) is 2.15. The highest BCUT2D eigenvalue weighted by molar-refractivity contribution is 7.12. The lowest BCUT2D eigenvalue weighted by Gasteiger charge is -2.21. The Hall–Kier alpha value is -2.34. The average Bonchev–Trinajstić information content (AvgIpc) is 3.01. The van der Waals surface area contributed by atoms with Gasteiger partial charge in [-0.1, -0.05) is 26.8 Å². The number of benzene rings is 1. The monoisotopic (exact) mass is 347 g/mol. The predicted octanol–water partition coefficient (Wildman–Crippen LogP) is 3.68. The van der Waals surface area contributed by atoms with Gasteiger partial charge in [0.25, 0.3) is 5.91 Å². The summed E-state index contributed by atoms with van der Waals surface area (Å²) in [5, 5.41) is 13.5. The molecule has 0 spiro atoms. The number of carboxylic acids is 1. The van der Waals surface area contributed by atoms with Gasteiger partial charge in [-0.05, 0) is 34.6 Å². The number of hydrogen-bond donors (Lipinski definition) is 2. The molecule has 1 amide bonds. The van der Waals surface area contributed by atoms with Crippen LogP contribution in [0.4, 0.5) is 0 Å². The van der Waals surface area contributed by atoms with Gasteiger partial charge >= 0.3 is 5.97 Å². The number of carbonyl (C=O) groups excluding carboxylic acids is 1. The van der Waals surface area contributed by atoms with Crippen LogP contribution in [0, 0.1) is 0 Å². The summed E-state index contributed by atoms with van der Waals surface area (Å²) in [7, 11) is 1.58. The van der Waals surface area contributed by atoms with Crippen molar-refractivity contribution in [2.45, 2.75) is 32.7 Å². The minimum atomic E-state index is -1.09. The molecule has 0 saturated heterocycles. The Morgan fingerprint density at radius 1 is 1.25 bits per heavy atom. The topological polar surface area (TPSA) is 75.6 Å². The molecule has 1 aromatic carbocycles. The Morgan fingerprint density at radius 3 is 2.54 bits per heavy atom. The maximum atomic E-state index is 12.3. The van der Waals surface area contributed by atoms with Crippen molar-refractivity contribution >= 4 is 23.2 Å². The van der Waals surface area contributed by atoms with E-state index in [0.29, 0.717) is 5.75 Å². The van der Waals surface area contributed by atoms with Gasteiger partial charge in [0.15, 0.2) is 0 Å². The van der Waals surface area contributed by atoms with Crippen LogP contribution >= 0.6 is 11.3 Å². The first-order valence-corrected chi connectivity index (χ1v) is 8.38. The minimum absolute atomic E-state index is 0.0190. The number of nitrogens with one attached hydrogen (secondary N) is 1. The summed E-state index contributed by atoms with van der Waals surface area (Å²) >= 11 is 1.04. The minimum Gasteiger partial charge on any atom is -0.496 e. The van der Waals surface area contributed by atoms with Crippen molar-refractivity contribution in [1.82, 2.24) is 5.32 Å². The molecule has 0 aliphatic carbocycles. The van der Waals surface area contributed by atoms with E-state index in [2.05, 4.69) is 26.1 Å². The lowest BCUT2D eigenvalue weighted by atomic mass is 9.86. The van der Waals surface area contributed by atoms with Crippen molar-refractivity contribution in [3.8, 4) is 5.75 Å². The van der Waals surface area contributed by atoms with Crippen LogP contribution in [0.5, 0.6) is 5.75 Å². The molecule has 0 fully saturated rings. The van der Waals surface area contributed by atoms with E-state index in [-0.39, 0.29) is 22.4 Å². The zero-order valence-corrected chi connectivity index (χ0v) is 15.0. The van der Waals surface area contributed by atoms with E-state index in [1.54, 1.807) is 12.5 Å². The van der Waals surface area contributed by atoms with Crippen molar-refractivity contribution in [3.63, 3.8) is 0 Å². The van der Waals surface area contributed by atoms with Gasteiger partial charge in [-0.25, -0.2) is 4.79 Å². The summed E-state index contributed by atoms with van der Waals surface area (Å²) in [6, 6.07) is 7.41. The van der Waals surface area contributed by atoms with E-state index in [1.165, 1.54) is 6.07 Å². The van der Waals surface area contributed by atoms with Gasteiger partial charge in [0.1, 0.15) is 10.6 Å². The average molecular weight is 347 g/mol. The molecule has 0 unspecified atom stereocenters. The third kappa shape index (κ3) is 3.94. The van der Waals surface area contributed by atoms with Crippen molar-refractivity contribution in [2.24, 2.45) is 0 Å². The number of amides is 1. The normalized spacial score (nSPS) is 11.2. The molecule has 0 aliphatic rings. The van der Waals surface area contributed by atoms with Crippen LogP contribution in [0.2, 0.25) is 0 Å². The van der Waals surface area contributed by atoms with E-state index in [4.69, 9.17) is 9.84 Å². The second kappa shape index (κ2) is 7.05. The molecule has 0 atom stereocenters. The third-order valence-electron chi connectivity index (χ3n) is 3.69. The van der Waals surface area contributed by atoms with Crippen LogP contribution < -0.4 is 10.1 Å². The molecule has 24 heavy (non-hydrogen) atoms. The lowest BCUT2D eigenvalue weighted by Crippen LogP contribution is -2.24. The summed E-state index contributed by atoms with van der Waals surface area (Å²) in [6.45, 7) is 6.60. The molecule has 0 saturated carbocycles. The van der Waals surface area contributed by atoms with E-state index in [0.717, 1.165) is 22.5 Å². The molecule has 0 bridgehead atoms. The summed E-state index contributed by atoms with van der Waals surface area (Å²) in [4.78, 5) is 23.4. The third-order valence-corrected chi connectivity index (χ3v) is 4.59. The maximum absolute atomic E-state index is 12.3. The first kappa shape index (κ1) is 18.0. The summed E-state index contributed by atoms with van der Waals surface area (Å²) < 4.78 is 5.35. The highest BCUT2D eigenvalue weighted by Crippen LogP contribution is 2.28. The Balaban J connectivity index is 2.20. The number of aromatic carboxylic acids is 1. The second-order valence-corrected chi connectivity index (χ2v) is 7.34. The first-order valence-electron chi connectivity index (χ1n) is 7.50. The van der Waals surface area contributed by atoms with Crippen LogP contribution in [0.15, 0.2) is 29.6 Å². The van der Waals surface area contributed by atoms with E-state index in [1.807, 2.05) is 18.2 Å². The largest absolute Gasteiger partial charge is 0.496 e. The number of thiophene rings is 1. The number of carbonyl (C=O) groups is 2. The van der Waals surface area contributed by atoms with Crippen LogP contribution in [-0.4, -0.2) is 24.1 Å². The molecule has 0 radical (unpaired) electrons. The first-order chi connectivity index (χ1) is 11.2. The Kier molecular flexibility index (Phi) is 5.29. The fraction of sp³-hybridized carbons (Fsp3) is 0.333. The Bertz CT molecular complexity index is 759. The molecular formula is C18H21NO4S. The number of methoxy groups -OCH3 is 1. The Morgan fingerprint density at radius 2 is 1.96 bits per heavy atom. The van der Waals surface area contributed by atoms with Gasteiger partial charge in [-0.2, -0.15) is 0 Å². The predicted molar refractivity (Wildman–Crippen MR) is 94.1 cm³/mol. The van der Waals surface area contributed by atoms with Gasteiger partial charge in [0.05, 0.1) is 12.7 Å². The number of carboxylic acid groups (broad SMARTS) is 1. The van der Waals surface area contributed by atoms with Crippen molar-refractivity contribution in [3.05, 3.63) is 51.2 Å². The molecule has 2 aromatic rings. The standard InChI is InChI=1S/C18H21NO4S/c1-18(2,3)12-5-6-14(23-4)11(9-12)10-19-16(20)13-7-8-24-15(13)17(21)22/h5-9H,10H2,1-4H3,(H,19,20)(H,21,22). The van der Waals surface area contributed by atoms with Crippen LogP contribution in [0.1, 0.15) is 51.9 Å². The SMILES string of the molecule is COc1ccc(C(C)(C)C)cc1CNC(=O)c1ccsc1C(=O)O. The molecular weight excluding hydrogens is 326 g/mol. The molecule has 2 N–H and O–H groups in total. The fourth-order valence-corrected chi connectivity index (χ4v) is 3.04. The zero-order chi connectivity index (χ0) is 17.9. The van der Waals surface area contributed by atoms with Crippen molar-refractivity contribution in [1.29, 1.82) is 0 Å². The van der Waals surface area contributed by atoms with E-state index in [9.17, 15) is 9.59 Å². The summed E-state index contributed by atoms with van der Waals surface area (Å²) in [6.07, 6.45) is 0. The van der Waals surface area contributed by atoms with Gasteiger partial charge < -0.3 is 15.2 Å². The van der Waals surface area contributed by atoms with Crippen LogP contribution in [-0.2, 0) is 12.0 Å².